The Labute approximate surface area is 183 Å². The van der Waals surface area contributed by atoms with Crippen molar-refractivity contribution < 1.29 is 9.53 Å². The van der Waals surface area contributed by atoms with Crippen LogP contribution in [0.1, 0.15) is 42.5 Å². The topological polar surface area (TPSA) is 52.3 Å². The molecule has 0 spiro atoms. The Morgan fingerprint density at radius 3 is 2.10 bits per heavy atom. The van der Waals surface area contributed by atoms with Crippen LogP contribution < -0.4 is 5.73 Å². The maximum Gasteiger partial charge on any atom is 0.324 e. The molecule has 4 heteroatoms. The molecule has 3 aromatic rings. The molecular formula is C26H28ClNO2. The van der Waals surface area contributed by atoms with E-state index in [0.717, 1.165) is 16.7 Å². The second-order valence-electron chi connectivity index (χ2n) is 8.05. The maximum absolute atomic E-state index is 13.2. The van der Waals surface area contributed by atoms with Gasteiger partial charge in [0.05, 0.1) is 0 Å². The van der Waals surface area contributed by atoms with E-state index in [0.29, 0.717) is 17.0 Å². The van der Waals surface area contributed by atoms with Gasteiger partial charge in [0.1, 0.15) is 6.04 Å². The molecule has 0 radical (unpaired) electrons. The number of nitrogens with two attached hydrogens (primary N) is 1. The van der Waals surface area contributed by atoms with Crippen LogP contribution in [0.3, 0.4) is 0 Å². The lowest BCUT2D eigenvalue weighted by molar-refractivity contribution is -0.155. The Hall–Kier alpha value is -2.62. The zero-order chi connectivity index (χ0) is 21.7. The minimum atomic E-state index is -1.21. The van der Waals surface area contributed by atoms with Crippen LogP contribution in [-0.2, 0) is 15.1 Å². The summed E-state index contributed by atoms with van der Waals surface area (Å²) in [6, 6.07) is 24.4. The van der Waals surface area contributed by atoms with Crippen LogP contribution in [0.15, 0.2) is 78.9 Å². The molecule has 0 saturated carbocycles. The number of ether oxygens (including phenoxy) is 1. The number of rotatable bonds is 7. The van der Waals surface area contributed by atoms with Gasteiger partial charge in [-0.1, -0.05) is 104 Å². The normalized spacial score (nSPS) is 14.2. The van der Waals surface area contributed by atoms with Gasteiger partial charge in [-0.05, 0) is 25.3 Å². The largest absolute Gasteiger partial charge is 0.443 e. The summed E-state index contributed by atoms with van der Waals surface area (Å²) >= 11 is 6.66. The SMILES string of the molecule is Cc1ccc(C(OC(=O)[C@@H](N)CC(C)C)(c2ccccc2)c2ccccc2Cl)cc1. The highest BCUT2D eigenvalue weighted by molar-refractivity contribution is 6.31. The second kappa shape index (κ2) is 9.46. The van der Waals surface area contributed by atoms with Gasteiger partial charge in [0, 0.05) is 21.7 Å². The van der Waals surface area contributed by atoms with Gasteiger partial charge in [-0.2, -0.15) is 0 Å². The van der Waals surface area contributed by atoms with Crippen LogP contribution in [0.5, 0.6) is 0 Å². The van der Waals surface area contributed by atoms with E-state index in [1.807, 2.05) is 99.6 Å². The molecule has 0 aromatic heterocycles. The molecule has 0 saturated heterocycles. The lowest BCUT2D eigenvalue weighted by atomic mass is 9.79. The summed E-state index contributed by atoms with van der Waals surface area (Å²) in [4.78, 5) is 13.2. The van der Waals surface area contributed by atoms with Crippen molar-refractivity contribution in [2.45, 2.75) is 38.8 Å². The number of benzene rings is 3. The van der Waals surface area contributed by atoms with E-state index >= 15 is 0 Å². The van der Waals surface area contributed by atoms with Crippen molar-refractivity contribution in [3.05, 3.63) is 106 Å². The first kappa shape index (κ1) is 22.1. The molecular weight excluding hydrogens is 394 g/mol. The minimum absolute atomic E-state index is 0.276. The minimum Gasteiger partial charge on any atom is -0.443 e. The summed E-state index contributed by atoms with van der Waals surface area (Å²) < 4.78 is 6.33. The van der Waals surface area contributed by atoms with E-state index in [-0.39, 0.29) is 5.92 Å². The fraction of sp³-hybridized carbons (Fsp3) is 0.269. The lowest BCUT2D eigenvalue weighted by Gasteiger charge is -2.36. The summed E-state index contributed by atoms with van der Waals surface area (Å²) in [5, 5.41) is 0.521. The first-order valence-corrected chi connectivity index (χ1v) is 10.6. The molecule has 156 valence electrons. The van der Waals surface area contributed by atoms with Crippen LogP contribution in [0.2, 0.25) is 5.02 Å². The van der Waals surface area contributed by atoms with Crippen molar-refractivity contribution in [2.75, 3.05) is 0 Å². The van der Waals surface area contributed by atoms with Crippen molar-refractivity contribution in [2.24, 2.45) is 11.7 Å². The van der Waals surface area contributed by atoms with Crippen molar-refractivity contribution in [1.29, 1.82) is 0 Å². The number of halogens is 1. The molecule has 3 aromatic carbocycles. The number of esters is 1. The van der Waals surface area contributed by atoms with Crippen LogP contribution >= 0.6 is 11.6 Å². The van der Waals surface area contributed by atoms with Crippen LogP contribution in [0.25, 0.3) is 0 Å². The van der Waals surface area contributed by atoms with Crippen molar-refractivity contribution in [3.63, 3.8) is 0 Å². The Morgan fingerprint density at radius 1 is 0.933 bits per heavy atom. The van der Waals surface area contributed by atoms with Crippen LogP contribution in [-0.4, -0.2) is 12.0 Å². The quantitative estimate of drug-likeness (QED) is 0.384. The van der Waals surface area contributed by atoms with E-state index in [9.17, 15) is 4.79 Å². The third-order valence-corrected chi connectivity index (χ3v) is 5.50. The van der Waals surface area contributed by atoms with Gasteiger partial charge >= 0.3 is 5.97 Å². The zero-order valence-corrected chi connectivity index (χ0v) is 18.4. The molecule has 0 aliphatic carbocycles. The van der Waals surface area contributed by atoms with Crippen molar-refractivity contribution >= 4 is 17.6 Å². The number of hydrogen-bond acceptors (Lipinski definition) is 3. The highest BCUT2D eigenvalue weighted by atomic mass is 35.5. The molecule has 0 heterocycles. The van der Waals surface area contributed by atoms with Gasteiger partial charge in [-0.3, -0.25) is 4.79 Å². The molecule has 3 rings (SSSR count). The molecule has 0 aliphatic heterocycles. The molecule has 3 nitrogen and oxygen atoms in total. The molecule has 30 heavy (non-hydrogen) atoms. The molecule has 2 N–H and O–H groups in total. The molecule has 2 atom stereocenters. The predicted octanol–water partition coefficient (Wildman–Crippen LogP) is 5.86. The van der Waals surface area contributed by atoms with Crippen molar-refractivity contribution in [1.82, 2.24) is 0 Å². The van der Waals surface area contributed by atoms with Crippen LogP contribution in [0, 0.1) is 12.8 Å². The van der Waals surface area contributed by atoms with E-state index in [2.05, 4.69) is 0 Å². The first-order valence-electron chi connectivity index (χ1n) is 10.2. The van der Waals surface area contributed by atoms with Gasteiger partial charge in [0.2, 0.25) is 0 Å². The summed E-state index contributed by atoms with van der Waals surface area (Å²) in [6.07, 6.45) is 0.542. The summed E-state index contributed by atoms with van der Waals surface area (Å²) in [7, 11) is 0. The molecule has 0 aliphatic rings. The molecule has 0 fully saturated rings. The molecule has 1 unspecified atom stereocenters. The lowest BCUT2D eigenvalue weighted by Crippen LogP contribution is -2.42. The average Bonchev–Trinajstić information content (AvgIpc) is 2.73. The van der Waals surface area contributed by atoms with Gasteiger partial charge in [-0.15, -0.1) is 0 Å². The summed E-state index contributed by atoms with van der Waals surface area (Å²) in [5.41, 5.74) is 8.45. The van der Waals surface area contributed by atoms with E-state index in [4.69, 9.17) is 22.1 Å². The Balaban J connectivity index is 2.26. The maximum atomic E-state index is 13.2. The smallest absolute Gasteiger partial charge is 0.324 e. The second-order valence-corrected chi connectivity index (χ2v) is 8.46. The number of carbonyl (C=O) groups is 1. The average molecular weight is 422 g/mol. The van der Waals surface area contributed by atoms with Gasteiger partial charge < -0.3 is 10.5 Å². The third-order valence-electron chi connectivity index (χ3n) is 5.17. The van der Waals surface area contributed by atoms with Gasteiger partial charge in [0.25, 0.3) is 0 Å². The standard InChI is InChI=1S/C26H28ClNO2/c1-18(2)17-24(28)25(29)30-26(20-9-5-4-6-10-20,21-15-13-19(3)14-16-21)22-11-7-8-12-23(22)27/h4-16,18,24H,17,28H2,1-3H3/t24-,26?/m0/s1. The van der Waals surface area contributed by atoms with Gasteiger partial charge in [-0.25, -0.2) is 0 Å². The number of hydrogen-bond donors (Lipinski definition) is 1. The first-order chi connectivity index (χ1) is 14.3. The van der Waals surface area contributed by atoms with E-state index in [1.54, 1.807) is 0 Å². The van der Waals surface area contributed by atoms with Crippen LogP contribution in [0.4, 0.5) is 0 Å². The van der Waals surface area contributed by atoms with Gasteiger partial charge in [0.15, 0.2) is 5.60 Å². The fourth-order valence-corrected chi connectivity index (χ4v) is 3.96. The number of aryl methyl sites for hydroxylation is 1. The van der Waals surface area contributed by atoms with E-state index < -0.39 is 17.6 Å². The number of carbonyl (C=O) groups excluding carboxylic acids is 1. The highest BCUT2D eigenvalue weighted by Crippen LogP contribution is 2.43. The molecule has 0 amide bonds. The predicted molar refractivity (Wildman–Crippen MR) is 122 cm³/mol. The Kier molecular flexibility index (Phi) is 6.96. The highest BCUT2D eigenvalue weighted by Gasteiger charge is 2.43. The molecule has 0 bridgehead atoms. The third kappa shape index (κ3) is 4.58. The zero-order valence-electron chi connectivity index (χ0n) is 17.6. The summed E-state index contributed by atoms with van der Waals surface area (Å²) in [5.74, 6) is -0.175. The van der Waals surface area contributed by atoms with Crippen molar-refractivity contribution in [3.8, 4) is 0 Å². The Morgan fingerprint density at radius 2 is 1.50 bits per heavy atom. The monoisotopic (exact) mass is 421 g/mol. The fourth-order valence-electron chi connectivity index (χ4n) is 3.69. The summed E-state index contributed by atoms with van der Waals surface area (Å²) in [6.45, 7) is 6.09. The Bertz CT molecular complexity index is 985. The van der Waals surface area contributed by atoms with E-state index in [1.165, 1.54) is 0 Å².